The van der Waals surface area contributed by atoms with Crippen molar-refractivity contribution in [3.05, 3.63) is 71.2 Å². The second-order valence-electron chi connectivity index (χ2n) is 4.74. The summed E-state index contributed by atoms with van der Waals surface area (Å²) < 4.78 is 0. The van der Waals surface area contributed by atoms with Gasteiger partial charge < -0.3 is 4.90 Å². The van der Waals surface area contributed by atoms with E-state index in [1.807, 2.05) is 45.0 Å². The van der Waals surface area contributed by atoms with Crippen LogP contribution in [0.1, 0.15) is 25.0 Å². The zero-order valence-electron chi connectivity index (χ0n) is 12.7. The minimum absolute atomic E-state index is 0.954. The molecule has 1 nitrogen and oxygen atoms in total. The van der Waals surface area contributed by atoms with E-state index in [2.05, 4.69) is 55.6 Å². The summed E-state index contributed by atoms with van der Waals surface area (Å²) in [6.07, 6.45) is 8.18. The molecule has 2 heteroatoms. The lowest BCUT2D eigenvalue weighted by Gasteiger charge is -2.16. The van der Waals surface area contributed by atoms with Gasteiger partial charge in [0.1, 0.15) is 0 Å². The second-order valence-corrected chi connectivity index (χ2v) is 5.25. The average Bonchev–Trinajstić information content (AvgIpc) is 2.45. The topological polar surface area (TPSA) is 3.24 Å². The molecule has 0 aliphatic rings. The highest BCUT2D eigenvalue weighted by molar-refractivity contribution is 7.84. The molecule has 0 aromatic heterocycles. The van der Waals surface area contributed by atoms with E-state index in [1.54, 1.807) is 0 Å². The molecule has 0 aliphatic carbocycles. The van der Waals surface area contributed by atoms with Crippen LogP contribution >= 0.6 is 12.6 Å². The SMILES string of the molecule is C=C(c1cccc(C(/C=C\C)=C/C(S)=C\C)c1)N(C)C. The van der Waals surface area contributed by atoms with Gasteiger partial charge in [0.2, 0.25) is 0 Å². The van der Waals surface area contributed by atoms with Gasteiger partial charge in [-0.2, -0.15) is 0 Å². The molecule has 0 N–H and O–H groups in total. The lowest BCUT2D eigenvalue weighted by atomic mass is 10.0. The molecule has 0 heterocycles. The van der Waals surface area contributed by atoms with Crippen molar-refractivity contribution < 1.29 is 0 Å². The van der Waals surface area contributed by atoms with Crippen molar-refractivity contribution in [2.75, 3.05) is 14.1 Å². The molecule has 0 fully saturated rings. The van der Waals surface area contributed by atoms with Crippen molar-refractivity contribution in [3.63, 3.8) is 0 Å². The maximum atomic E-state index is 4.44. The third-order valence-corrected chi connectivity index (χ3v) is 3.40. The van der Waals surface area contributed by atoms with Crippen LogP contribution in [-0.4, -0.2) is 19.0 Å². The molecular formula is C18H23NS. The van der Waals surface area contributed by atoms with Gasteiger partial charge in [-0.3, -0.25) is 0 Å². The predicted molar refractivity (Wildman–Crippen MR) is 94.7 cm³/mol. The molecule has 0 saturated carbocycles. The molecule has 0 spiro atoms. The second kappa shape index (κ2) is 7.81. The number of nitrogens with zero attached hydrogens (tertiary/aromatic N) is 1. The van der Waals surface area contributed by atoms with Crippen LogP contribution in [0.5, 0.6) is 0 Å². The van der Waals surface area contributed by atoms with E-state index < -0.39 is 0 Å². The molecule has 1 rings (SSSR count). The van der Waals surface area contributed by atoms with Gasteiger partial charge >= 0.3 is 0 Å². The number of hydrogen-bond acceptors (Lipinski definition) is 2. The van der Waals surface area contributed by atoms with Gasteiger partial charge in [-0.1, -0.05) is 43.0 Å². The highest BCUT2D eigenvalue weighted by Gasteiger charge is 2.04. The molecule has 0 amide bonds. The third kappa shape index (κ3) is 4.46. The lowest BCUT2D eigenvalue weighted by Crippen LogP contribution is -2.08. The van der Waals surface area contributed by atoms with Crippen molar-refractivity contribution in [2.24, 2.45) is 0 Å². The molecule has 0 bridgehead atoms. The number of rotatable bonds is 5. The van der Waals surface area contributed by atoms with Gasteiger partial charge in [0.05, 0.1) is 0 Å². The Kier molecular flexibility index (Phi) is 6.40. The van der Waals surface area contributed by atoms with Crippen LogP contribution in [-0.2, 0) is 0 Å². The normalized spacial score (nSPS) is 12.8. The highest BCUT2D eigenvalue weighted by atomic mass is 32.1. The number of allylic oxidation sites excluding steroid dienone is 5. The minimum Gasteiger partial charge on any atom is -0.378 e. The molecule has 20 heavy (non-hydrogen) atoms. The molecule has 1 aromatic carbocycles. The first-order chi connectivity index (χ1) is 9.49. The summed E-state index contributed by atoms with van der Waals surface area (Å²) in [4.78, 5) is 2.98. The molecule has 0 aliphatic heterocycles. The van der Waals surface area contributed by atoms with Crippen LogP contribution in [0.4, 0.5) is 0 Å². The Morgan fingerprint density at radius 1 is 1.20 bits per heavy atom. The lowest BCUT2D eigenvalue weighted by molar-refractivity contribution is 0.593. The van der Waals surface area contributed by atoms with E-state index in [1.165, 1.54) is 0 Å². The summed E-state index contributed by atoms with van der Waals surface area (Å²) in [6.45, 7) is 8.11. The molecule has 106 valence electrons. The Morgan fingerprint density at radius 2 is 1.85 bits per heavy atom. The Bertz CT molecular complexity index is 563. The van der Waals surface area contributed by atoms with Crippen LogP contribution in [0.15, 0.2) is 60.1 Å². The zero-order chi connectivity index (χ0) is 15.1. The summed E-state index contributed by atoms with van der Waals surface area (Å²) in [5, 5.41) is 0. The Balaban J connectivity index is 3.26. The molecule has 0 radical (unpaired) electrons. The first kappa shape index (κ1) is 16.4. The summed E-state index contributed by atoms with van der Waals surface area (Å²) >= 11 is 4.44. The fraction of sp³-hybridized carbons (Fsp3) is 0.222. The highest BCUT2D eigenvalue weighted by Crippen LogP contribution is 2.23. The van der Waals surface area contributed by atoms with E-state index in [0.717, 1.165) is 27.3 Å². The third-order valence-electron chi connectivity index (χ3n) is 3.01. The minimum atomic E-state index is 0.954. The van der Waals surface area contributed by atoms with E-state index in [4.69, 9.17) is 0 Å². The van der Waals surface area contributed by atoms with Crippen molar-refractivity contribution in [1.82, 2.24) is 4.90 Å². The Morgan fingerprint density at radius 3 is 2.40 bits per heavy atom. The van der Waals surface area contributed by atoms with Gasteiger partial charge in [-0.05, 0) is 42.7 Å². The van der Waals surface area contributed by atoms with Gasteiger partial charge in [0, 0.05) is 24.7 Å². The largest absolute Gasteiger partial charge is 0.378 e. The number of hydrogen-bond donors (Lipinski definition) is 1. The van der Waals surface area contributed by atoms with Crippen LogP contribution in [0.2, 0.25) is 0 Å². The van der Waals surface area contributed by atoms with E-state index in [9.17, 15) is 0 Å². The van der Waals surface area contributed by atoms with Crippen LogP contribution in [0.25, 0.3) is 11.3 Å². The number of benzene rings is 1. The predicted octanol–water partition coefficient (Wildman–Crippen LogP) is 5.01. The summed E-state index contributed by atoms with van der Waals surface area (Å²) in [5.41, 5.74) is 4.44. The van der Waals surface area contributed by atoms with Crippen molar-refractivity contribution >= 4 is 23.9 Å². The molecule has 0 unspecified atom stereocenters. The van der Waals surface area contributed by atoms with Crippen molar-refractivity contribution in [3.8, 4) is 0 Å². The van der Waals surface area contributed by atoms with Crippen LogP contribution < -0.4 is 0 Å². The average molecular weight is 285 g/mol. The maximum Gasteiger partial charge on any atom is 0.0361 e. The van der Waals surface area contributed by atoms with Crippen LogP contribution in [0.3, 0.4) is 0 Å². The monoisotopic (exact) mass is 285 g/mol. The molecule has 1 aromatic rings. The first-order valence-corrected chi connectivity index (χ1v) is 7.11. The van der Waals surface area contributed by atoms with Crippen molar-refractivity contribution in [1.29, 1.82) is 0 Å². The standard InChI is InChI=1S/C18H23NS/c1-6-9-16(13-18(20)7-2)17-11-8-10-15(12-17)14(3)19(4)5/h6-13,20H,3H2,1-2,4-5H3/b9-6-,16-13+,18-7+. The van der Waals surface area contributed by atoms with Gasteiger partial charge in [0.15, 0.2) is 0 Å². The van der Waals surface area contributed by atoms with Gasteiger partial charge in [0.25, 0.3) is 0 Å². The maximum absolute atomic E-state index is 4.44. The fourth-order valence-electron chi connectivity index (χ4n) is 1.79. The molecular weight excluding hydrogens is 262 g/mol. The van der Waals surface area contributed by atoms with Gasteiger partial charge in [-0.15, -0.1) is 12.6 Å². The molecule has 0 saturated heterocycles. The summed E-state index contributed by atoms with van der Waals surface area (Å²) in [6, 6.07) is 8.40. The Hall–Kier alpha value is -1.67. The van der Waals surface area contributed by atoms with Crippen molar-refractivity contribution in [2.45, 2.75) is 13.8 Å². The zero-order valence-corrected chi connectivity index (χ0v) is 13.6. The van der Waals surface area contributed by atoms with E-state index >= 15 is 0 Å². The quantitative estimate of drug-likeness (QED) is 0.588. The Labute approximate surface area is 128 Å². The van der Waals surface area contributed by atoms with Crippen LogP contribution in [0, 0.1) is 0 Å². The number of thiol groups is 1. The fourth-order valence-corrected chi connectivity index (χ4v) is 1.93. The van der Waals surface area contributed by atoms with E-state index in [0.29, 0.717) is 0 Å². The van der Waals surface area contributed by atoms with Gasteiger partial charge in [-0.25, -0.2) is 0 Å². The van der Waals surface area contributed by atoms with E-state index in [-0.39, 0.29) is 0 Å². The first-order valence-electron chi connectivity index (χ1n) is 6.66. The summed E-state index contributed by atoms with van der Waals surface area (Å²) in [7, 11) is 4.01. The summed E-state index contributed by atoms with van der Waals surface area (Å²) in [5.74, 6) is 0. The molecule has 0 atom stereocenters. The smallest absolute Gasteiger partial charge is 0.0361 e.